The smallest absolute Gasteiger partial charge is 0.251 e. The van der Waals surface area contributed by atoms with E-state index in [-0.39, 0.29) is 5.91 Å². The van der Waals surface area contributed by atoms with Crippen molar-refractivity contribution in [2.45, 2.75) is 6.54 Å². The van der Waals surface area contributed by atoms with E-state index in [1.165, 1.54) is 6.33 Å². The molecule has 1 aromatic heterocycles. The summed E-state index contributed by atoms with van der Waals surface area (Å²) in [5.41, 5.74) is 3.07. The second-order valence-corrected chi connectivity index (χ2v) is 6.77. The number of aromatic nitrogens is 2. The van der Waals surface area contributed by atoms with Gasteiger partial charge >= 0.3 is 0 Å². The molecule has 0 bridgehead atoms. The van der Waals surface area contributed by atoms with Crippen molar-refractivity contribution in [2.24, 2.45) is 0 Å². The summed E-state index contributed by atoms with van der Waals surface area (Å²) in [6.07, 6.45) is 1.44. The highest BCUT2D eigenvalue weighted by Crippen LogP contribution is 2.25. The molecule has 0 radical (unpaired) electrons. The van der Waals surface area contributed by atoms with Crippen molar-refractivity contribution in [3.63, 3.8) is 0 Å². The van der Waals surface area contributed by atoms with Gasteiger partial charge in [0.05, 0.1) is 12.8 Å². The average molecular weight is 411 g/mol. The van der Waals surface area contributed by atoms with Gasteiger partial charge in [-0.25, -0.2) is 9.97 Å². The Kier molecular flexibility index (Phi) is 6.18. The fraction of sp³-hybridized carbons (Fsp3) is 0.0800. The molecule has 1 amide bonds. The van der Waals surface area contributed by atoms with E-state index in [9.17, 15) is 4.79 Å². The highest BCUT2D eigenvalue weighted by molar-refractivity contribution is 5.95. The van der Waals surface area contributed by atoms with Crippen molar-refractivity contribution in [2.75, 3.05) is 7.11 Å². The average Bonchev–Trinajstić information content (AvgIpc) is 2.84. The summed E-state index contributed by atoms with van der Waals surface area (Å²) >= 11 is 0. The van der Waals surface area contributed by atoms with E-state index in [4.69, 9.17) is 9.47 Å². The molecule has 0 aliphatic carbocycles. The van der Waals surface area contributed by atoms with E-state index in [0.717, 1.165) is 16.9 Å². The lowest BCUT2D eigenvalue weighted by atomic mass is 10.1. The predicted molar refractivity (Wildman–Crippen MR) is 118 cm³/mol. The number of hydrogen-bond donors (Lipinski definition) is 1. The van der Waals surface area contributed by atoms with Gasteiger partial charge < -0.3 is 14.8 Å². The standard InChI is InChI=1S/C25H21N3O3/c1-30-21-10-12-22(13-11-21)31-24-15-23(27-17-28-24)19-8-5-9-20(14-19)25(29)26-16-18-6-3-2-4-7-18/h2-15,17H,16H2,1H3,(H,26,29). The second kappa shape index (κ2) is 9.54. The topological polar surface area (TPSA) is 73.3 Å². The zero-order valence-corrected chi connectivity index (χ0v) is 17.0. The minimum Gasteiger partial charge on any atom is -0.497 e. The van der Waals surface area contributed by atoms with Gasteiger partial charge in [0, 0.05) is 23.7 Å². The Labute approximate surface area is 180 Å². The minimum absolute atomic E-state index is 0.144. The molecule has 4 aromatic rings. The summed E-state index contributed by atoms with van der Waals surface area (Å²) in [7, 11) is 1.61. The maximum Gasteiger partial charge on any atom is 0.251 e. The lowest BCUT2D eigenvalue weighted by molar-refractivity contribution is 0.0951. The number of methoxy groups -OCH3 is 1. The van der Waals surface area contributed by atoms with Gasteiger partial charge in [0.2, 0.25) is 5.88 Å². The molecule has 0 fully saturated rings. The van der Waals surface area contributed by atoms with Crippen LogP contribution in [0, 0.1) is 0 Å². The predicted octanol–water partition coefficient (Wildman–Crippen LogP) is 4.87. The van der Waals surface area contributed by atoms with Crippen LogP contribution in [-0.2, 0) is 6.54 Å². The zero-order valence-electron chi connectivity index (χ0n) is 17.0. The largest absolute Gasteiger partial charge is 0.497 e. The van der Waals surface area contributed by atoms with E-state index >= 15 is 0 Å². The van der Waals surface area contributed by atoms with Crippen LogP contribution in [0.4, 0.5) is 0 Å². The summed E-state index contributed by atoms with van der Waals surface area (Å²) in [5.74, 6) is 1.65. The van der Waals surface area contributed by atoms with Gasteiger partial charge in [-0.1, -0.05) is 42.5 Å². The third kappa shape index (κ3) is 5.25. The molecule has 1 N–H and O–H groups in total. The molecule has 31 heavy (non-hydrogen) atoms. The first-order valence-electron chi connectivity index (χ1n) is 9.78. The number of rotatable bonds is 7. The quantitative estimate of drug-likeness (QED) is 0.469. The Morgan fingerprint density at radius 1 is 0.871 bits per heavy atom. The molecular weight excluding hydrogens is 390 g/mol. The van der Waals surface area contributed by atoms with Gasteiger partial charge in [-0.3, -0.25) is 4.79 Å². The highest BCUT2D eigenvalue weighted by atomic mass is 16.5. The highest BCUT2D eigenvalue weighted by Gasteiger charge is 2.09. The molecule has 0 aliphatic heterocycles. The SMILES string of the molecule is COc1ccc(Oc2cc(-c3cccc(C(=O)NCc4ccccc4)c3)ncn2)cc1. The molecule has 0 saturated carbocycles. The number of hydrogen-bond acceptors (Lipinski definition) is 5. The number of ether oxygens (including phenoxy) is 2. The van der Waals surface area contributed by atoms with Crippen LogP contribution < -0.4 is 14.8 Å². The molecule has 154 valence electrons. The molecule has 0 aliphatic rings. The van der Waals surface area contributed by atoms with Crippen molar-refractivity contribution >= 4 is 5.91 Å². The van der Waals surface area contributed by atoms with Crippen LogP contribution in [0.3, 0.4) is 0 Å². The third-order valence-corrected chi connectivity index (χ3v) is 4.64. The first kappa shape index (κ1) is 20.1. The Morgan fingerprint density at radius 2 is 1.65 bits per heavy atom. The summed E-state index contributed by atoms with van der Waals surface area (Å²) in [5, 5.41) is 2.94. The minimum atomic E-state index is -0.144. The van der Waals surface area contributed by atoms with E-state index in [0.29, 0.717) is 29.4 Å². The number of carbonyl (C=O) groups is 1. The Bertz CT molecular complexity index is 1160. The monoisotopic (exact) mass is 411 g/mol. The summed E-state index contributed by atoms with van der Waals surface area (Å²) in [6, 6.07) is 26.1. The molecule has 4 rings (SSSR count). The van der Waals surface area contributed by atoms with Crippen LogP contribution in [0.1, 0.15) is 15.9 Å². The zero-order chi connectivity index (χ0) is 21.5. The van der Waals surface area contributed by atoms with Crippen LogP contribution in [0.2, 0.25) is 0 Å². The van der Waals surface area contributed by atoms with Crippen LogP contribution in [0.5, 0.6) is 17.4 Å². The number of nitrogens with one attached hydrogen (secondary N) is 1. The molecule has 0 atom stereocenters. The van der Waals surface area contributed by atoms with E-state index in [2.05, 4.69) is 15.3 Å². The number of nitrogens with zero attached hydrogens (tertiary/aromatic N) is 2. The Balaban J connectivity index is 1.48. The maximum absolute atomic E-state index is 12.6. The fourth-order valence-corrected chi connectivity index (χ4v) is 3.02. The van der Waals surface area contributed by atoms with Gasteiger partial charge in [-0.2, -0.15) is 0 Å². The summed E-state index contributed by atoms with van der Waals surface area (Å²) < 4.78 is 11.0. The fourth-order valence-electron chi connectivity index (χ4n) is 3.02. The lowest BCUT2D eigenvalue weighted by Crippen LogP contribution is -2.22. The van der Waals surface area contributed by atoms with Crippen molar-refractivity contribution in [1.82, 2.24) is 15.3 Å². The van der Waals surface area contributed by atoms with Crippen LogP contribution in [0.25, 0.3) is 11.3 Å². The third-order valence-electron chi connectivity index (χ3n) is 4.64. The second-order valence-electron chi connectivity index (χ2n) is 6.77. The van der Waals surface area contributed by atoms with Gasteiger partial charge in [-0.05, 0) is 42.0 Å². The molecule has 1 heterocycles. The molecule has 0 spiro atoms. The van der Waals surface area contributed by atoms with Crippen molar-refractivity contribution in [1.29, 1.82) is 0 Å². The van der Waals surface area contributed by atoms with Gasteiger partial charge in [0.1, 0.15) is 17.8 Å². The normalized spacial score (nSPS) is 10.4. The van der Waals surface area contributed by atoms with Crippen molar-refractivity contribution in [3.8, 4) is 28.6 Å². The Morgan fingerprint density at radius 3 is 2.42 bits per heavy atom. The lowest BCUT2D eigenvalue weighted by Gasteiger charge is -2.09. The van der Waals surface area contributed by atoms with Crippen LogP contribution in [0.15, 0.2) is 91.3 Å². The Hall–Kier alpha value is -4.19. The van der Waals surface area contributed by atoms with E-state index < -0.39 is 0 Å². The number of carbonyl (C=O) groups excluding carboxylic acids is 1. The summed E-state index contributed by atoms with van der Waals surface area (Å²) in [4.78, 5) is 21.1. The van der Waals surface area contributed by atoms with Gasteiger partial charge in [0.15, 0.2) is 0 Å². The van der Waals surface area contributed by atoms with Crippen molar-refractivity contribution in [3.05, 3.63) is 102 Å². The first-order valence-corrected chi connectivity index (χ1v) is 9.78. The first-order chi connectivity index (χ1) is 15.2. The molecule has 6 heteroatoms. The van der Waals surface area contributed by atoms with Gasteiger partial charge in [0.25, 0.3) is 5.91 Å². The summed E-state index contributed by atoms with van der Waals surface area (Å²) in [6.45, 7) is 0.470. The van der Waals surface area contributed by atoms with Crippen LogP contribution in [-0.4, -0.2) is 23.0 Å². The maximum atomic E-state index is 12.6. The van der Waals surface area contributed by atoms with Crippen molar-refractivity contribution < 1.29 is 14.3 Å². The molecule has 3 aromatic carbocycles. The van der Waals surface area contributed by atoms with Crippen LogP contribution >= 0.6 is 0 Å². The molecular formula is C25H21N3O3. The number of amides is 1. The van der Waals surface area contributed by atoms with E-state index in [1.807, 2.05) is 54.6 Å². The van der Waals surface area contributed by atoms with E-state index in [1.54, 1.807) is 37.4 Å². The molecule has 0 saturated heterocycles. The molecule has 6 nitrogen and oxygen atoms in total. The van der Waals surface area contributed by atoms with Gasteiger partial charge in [-0.15, -0.1) is 0 Å². The number of benzene rings is 3. The molecule has 0 unspecified atom stereocenters.